The van der Waals surface area contributed by atoms with Crippen LogP contribution in [0.2, 0.25) is 0 Å². The number of nitrogens with zero attached hydrogens (tertiary/aromatic N) is 1. The maximum absolute atomic E-state index is 10.9. The molecular weight excluding hydrogens is 256 g/mol. The average Bonchev–Trinajstić information content (AvgIpc) is 2.41. The molecule has 0 atom stereocenters. The number of nitro benzene ring substituents is 1. The highest BCUT2D eigenvalue weighted by Crippen LogP contribution is 2.26. The third-order valence-electron chi connectivity index (χ3n) is 3.21. The van der Waals surface area contributed by atoms with E-state index in [4.69, 9.17) is 0 Å². The van der Waals surface area contributed by atoms with E-state index in [0.717, 1.165) is 11.1 Å². The van der Waals surface area contributed by atoms with Gasteiger partial charge in [0.1, 0.15) is 5.75 Å². The first-order valence-electron chi connectivity index (χ1n) is 6.25. The maximum atomic E-state index is 10.9. The van der Waals surface area contributed by atoms with Crippen LogP contribution >= 0.6 is 0 Å². The van der Waals surface area contributed by atoms with E-state index in [-0.39, 0.29) is 11.4 Å². The SMILES string of the molecule is Cc1ccc(O)c(CNc2cccc([N+](=O)[O-])c2C)c1. The van der Waals surface area contributed by atoms with Crippen molar-refractivity contribution in [2.24, 2.45) is 0 Å². The number of aromatic hydroxyl groups is 1. The van der Waals surface area contributed by atoms with Crippen molar-refractivity contribution >= 4 is 11.4 Å². The summed E-state index contributed by atoms with van der Waals surface area (Å²) >= 11 is 0. The number of anilines is 1. The molecule has 0 aromatic heterocycles. The van der Waals surface area contributed by atoms with Gasteiger partial charge in [-0.1, -0.05) is 23.8 Å². The first kappa shape index (κ1) is 13.9. The summed E-state index contributed by atoms with van der Waals surface area (Å²) in [6, 6.07) is 10.3. The Labute approximate surface area is 117 Å². The van der Waals surface area contributed by atoms with Crippen molar-refractivity contribution in [3.63, 3.8) is 0 Å². The van der Waals surface area contributed by atoms with Crippen LogP contribution in [0.1, 0.15) is 16.7 Å². The third-order valence-corrected chi connectivity index (χ3v) is 3.21. The van der Waals surface area contributed by atoms with Crippen LogP contribution in [0.3, 0.4) is 0 Å². The second kappa shape index (κ2) is 5.61. The normalized spacial score (nSPS) is 10.3. The first-order chi connectivity index (χ1) is 9.49. The van der Waals surface area contributed by atoms with Crippen LogP contribution in [0.5, 0.6) is 5.75 Å². The Kier molecular flexibility index (Phi) is 3.89. The second-order valence-corrected chi connectivity index (χ2v) is 4.69. The van der Waals surface area contributed by atoms with Crippen LogP contribution in [0, 0.1) is 24.0 Å². The summed E-state index contributed by atoms with van der Waals surface area (Å²) in [5.41, 5.74) is 3.18. The van der Waals surface area contributed by atoms with Crippen molar-refractivity contribution in [1.29, 1.82) is 0 Å². The zero-order chi connectivity index (χ0) is 14.7. The Hall–Kier alpha value is -2.56. The second-order valence-electron chi connectivity index (χ2n) is 4.69. The predicted molar refractivity (Wildman–Crippen MR) is 78.0 cm³/mol. The van der Waals surface area contributed by atoms with Crippen LogP contribution < -0.4 is 5.32 Å². The lowest BCUT2D eigenvalue weighted by Gasteiger charge is -2.11. The molecule has 5 heteroatoms. The third kappa shape index (κ3) is 2.88. The number of hydrogen-bond acceptors (Lipinski definition) is 4. The van der Waals surface area contributed by atoms with Crippen LogP contribution in [-0.2, 0) is 6.54 Å². The van der Waals surface area contributed by atoms with Gasteiger partial charge in [-0.05, 0) is 26.0 Å². The summed E-state index contributed by atoms with van der Waals surface area (Å²) in [5.74, 6) is 0.214. The molecule has 2 N–H and O–H groups in total. The lowest BCUT2D eigenvalue weighted by molar-refractivity contribution is -0.385. The minimum atomic E-state index is -0.398. The van der Waals surface area contributed by atoms with E-state index < -0.39 is 4.92 Å². The minimum Gasteiger partial charge on any atom is -0.508 e. The van der Waals surface area contributed by atoms with E-state index in [2.05, 4.69) is 5.32 Å². The summed E-state index contributed by atoms with van der Waals surface area (Å²) in [4.78, 5) is 10.5. The number of nitro groups is 1. The standard InChI is InChI=1S/C15H16N2O3/c1-10-6-7-15(18)12(8-10)9-16-13-4-3-5-14(11(13)2)17(19)20/h3-8,16,18H,9H2,1-2H3. The topological polar surface area (TPSA) is 75.4 Å². The number of phenolic OH excluding ortho intramolecular Hbond substituents is 1. The summed E-state index contributed by atoms with van der Waals surface area (Å²) in [6.45, 7) is 4.06. The molecule has 0 spiro atoms. The molecule has 0 amide bonds. The van der Waals surface area contributed by atoms with Gasteiger partial charge in [0.2, 0.25) is 0 Å². The molecule has 0 aliphatic rings. The Morgan fingerprint density at radius 1 is 1.25 bits per heavy atom. The molecule has 104 valence electrons. The molecular formula is C15H16N2O3. The highest BCUT2D eigenvalue weighted by molar-refractivity contribution is 5.60. The lowest BCUT2D eigenvalue weighted by Crippen LogP contribution is -2.03. The van der Waals surface area contributed by atoms with Crippen molar-refractivity contribution in [3.8, 4) is 5.75 Å². The van der Waals surface area contributed by atoms with Gasteiger partial charge in [0.15, 0.2) is 0 Å². The molecule has 0 saturated carbocycles. The molecule has 2 aromatic carbocycles. The Morgan fingerprint density at radius 3 is 2.70 bits per heavy atom. The summed E-state index contributed by atoms with van der Waals surface area (Å²) in [7, 11) is 0. The van der Waals surface area contributed by atoms with E-state index in [9.17, 15) is 15.2 Å². The van der Waals surface area contributed by atoms with Crippen molar-refractivity contribution in [3.05, 3.63) is 63.2 Å². The Balaban J connectivity index is 2.21. The van der Waals surface area contributed by atoms with E-state index >= 15 is 0 Å². The average molecular weight is 272 g/mol. The fourth-order valence-corrected chi connectivity index (χ4v) is 2.06. The van der Waals surface area contributed by atoms with Crippen molar-refractivity contribution in [1.82, 2.24) is 0 Å². The molecule has 0 aliphatic carbocycles. The van der Waals surface area contributed by atoms with Crippen molar-refractivity contribution < 1.29 is 10.0 Å². The van der Waals surface area contributed by atoms with Gasteiger partial charge in [0.05, 0.1) is 4.92 Å². The van der Waals surface area contributed by atoms with Gasteiger partial charge in [0, 0.05) is 29.4 Å². The zero-order valence-electron chi connectivity index (χ0n) is 11.4. The predicted octanol–water partition coefficient (Wildman–Crippen LogP) is 3.53. The quantitative estimate of drug-likeness (QED) is 0.659. The molecule has 2 rings (SSSR count). The molecule has 2 aromatic rings. The lowest BCUT2D eigenvalue weighted by atomic mass is 10.1. The summed E-state index contributed by atoms with van der Waals surface area (Å²) in [6.07, 6.45) is 0. The molecule has 0 unspecified atom stereocenters. The van der Waals surface area contributed by atoms with E-state index in [1.165, 1.54) is 6.07 Å². The Morgan fingerprint density at radius 2 is 2.00 bits per heavy atom. The van der Waals surface area contributed by atoms with Gasteiger partial charge in [-0.25, -0.2) is 0 Å². The van der Waals surface area contributed by atoms with Gasteiger partial charge in [-0.2, -0.15) is 0 Å². The molecule has 0 fully saturated rings. The summed E-state index contributed by atoms with van der Waals surface area (Å²) < 4.78 is 0. The first-order valence-corrected chi connectivity index (χ1v) is 6.25. The minimum absolute atomic E-state index is 0.0865. The zero-order valence-corrected chi connectivity index (χ0v) is 11.4. The highest BCUT2D eigenvalue weighted by atomic mass is 16.6. The van der Waals surface area contributed by atoms with Gasteiger partial charge < -0.3 is 10.4 Å². The van der Waals surface area contributed by atoms with E-state index in [0.29, 0.717) is 17.8 Å². The largest absolute Gasteiger partial charge is 0.508 e. The molecule has 0 saturated heterocycles. The van der Waals surface area contributed by atoms with Crippen molar-refractivity contribution in [2.75, 3.05) is 5.32 Å². The molecule has 0 radical (unpaired) electrons. The van der Waals surface area contributed by atoms with Gasteiger partial charge in [-0.15, -0.1) is 0 Å². The van der Waals surface area contributed by atoms with Crippen LogP contribution in [0.15, 0.2) is 36.4 Å². The Bertz CT molecular complexity index is 654. The monoisotopic (exact) mass is 272 g/mol. The number of benzene rings is 2. The number of hydrogen-bond donors (Lipinski definition) is 2. The number of nitrogens with one attached hydrogen (secondary N) is 1. The number of aryl methyl sites for hydroxylation is 1. The van der Waals surface area contributed by atoms with Gasteiger partial charge >= 0.3 is 0 Å². The molecule has 0 heterocycles. The summed E-state index contributed by atoms with van der Waals surface area (Å²) in [5, 5.41) is 23.8. The van der Waals surface area contributed by atoms with Crippen LogP contribution in [0.4, 0.5) is 11.4 Å². The van der Waals surface area contributed by atoms with Crippen LogP contribution in [-0.4, -0.2) is 10.0 Å². The van der Waals surface area contributed by atoms with Gasteiger partial charge in [0.25, 0.3) is 5.69 Å². The maximum Gasteiger partial charge on any atom is 0.274 e. The number of phenols is 1. The van der Waals surface area contributed by atoms with Crippen LogP contribution in [0.25, 0.3) is 0 Å². The molecule has 20 heavy (non-hydrogen) atoms. The van der Waals surface area contributed by atoms with Crippen molar-refractivity contribution in [2.45, 2.75) is 20.4 Å². The van der Waals surface area contributed by atoms with Gasteiger partial charge in [-0.3, -0.25) is 10.1 Å². The molecule has 5 nitrogen and oxygen atoms in total. The van der Waals surface area contributed by atoms with E-state index in [1.807, 2.05) is 19.1 Å². The highest BCUT2D eigenvalue weighted by Gasteiger charge is 2.13. The molecule has 0 bridgehead atoms. The number of rotatable bonds is 4. The molecule has 0 aliphatic heterocycles. The smallest absolute Gasteiger partial charge is 0.274 e. The van der Waals surface area contributed by atoms with E-state index in [1.54, 1.807) is 25.1 Å². The fourth-order valence-electron chi connectivity index (χ4n) is 2.06. The fraction of sp³-hybridized carbons (Fsp3) is 0.200.